The van der Waals surface area contributed by atoms with Gasteiger partial charge in [0.1, 0.15) is 11.9 Å². The van der Waals surface area contributed by atoms with Crippen LogP contribution >= 0.6 is 0 Å². The molecule has 3 rings (SSSR count). The van der Waals surface area contributed by atoms with E-state index in [2.05, 4.69) is 27.7 Å². The third kappa shape index (κ3) is 6.17. The van der Waals surface area contributed by atoms with E-state index in [1.165, 1.54) is 12.0 Å². The van der Waals surface area contributed by atoms with Crippen LogP contribution in [0.3, 0.4) is 0 Å². The standard InChI is InChI=1S/C23H36N4O3/c1-23(2,3)22(30)26-19(21(28)29)11-14-27-13-10-16(15-27)6-8-18-9-7-17-5-4-12-24-20(17)25-18/h7,9,16,19H,4-6,8,10-15H2,1-3H3,(H,24,25)(H,26,30)(H,28,29)/t16-,19+/m1/s1. The molecule has 1 fully saturated rings. The van der Waals surface area contributed by atoms with Crippen LogP contribution in [-0.4, -0.2) is 59.1 Å². The Morgan fingerprint density at radius 1 is 1.37 bits per heavy atom. The molecule has 2 atom stereocenters. The highest BCUT2D eigenvalue weighted by molar-refractivity contribution is 5.86. The minimum atomic E-state index is -0.963. The SMILES string of the molecule is CC(C)(C)C(=O)N[C@@H](CCN1CC[C@@H](CCc2ccc3c(n2)NCCC3)C1)C(=O)O. The number of carbonyl (C=O) groups is 2. The number of carboxylic acids is 1. The van der Waals surface area contributed by atoms with E-state index in [1.54, 1.807) is 20.8 Å². The first-order chi connectivity index (χ1) is 14.2. The summed E-state index contributed by atoms with van der Waals surface area (Å²) in [6.45, 7) is 9.05. The van der Waals surface area contributed by atoms with Gasteiger partial charge in [0.25, 0.3) is 0 Å². The number of amides is 1. The largest absolute Gasteiger partial charge is 0.480 e. The summed E-state index contributed by atoms with van der Waals surface area (Å²) in [4.78, 5) is 30.8. The highest BCUT2D eigenvalue weighted by atomic mass is 16.4. The van der Waals surface area contributed by atoms with Crippen LogP contribution in [0.2, 0.25) is 0 Å². The average molecular weight is 417 g/mol. The fourth-order valence-corrected chi connectivity index (χ4v) is 4.16. The van der Waals surface area contributed by atoms with Gasteiger partial charge in [0.15, 0.2) is 0 Å². The molecule has 30 heavy (non-hydrogen) atoms. The van der Waals surface area contributed by atoms with Crippen molar-refractivity contribution in [1.29, 1.82) is 0 Å². The second-order valence-corrected chi connectivity index (χ2v) is 9.74. The van der Waals surface area contributed by atoms with Gasteiger partial charge in [-0.1, -0.05) is 26.8 Å². The van der Waals surface area contributed by atoms with E-state index in [-0.39, 0.29) is 5.91 Å². The number of aryl methyl sites for hydroxylation is 2. The van der Waals surface area contributed by atoms with Gasteiger partial charge in [0.2, 0.25) is 5.91 Å². The van der Waals surface area contributed by atoms with E-state index in [0.717, 1.165) is 56.8 Å². The average Bonchev–Trinajstić information content (AvgIpc) is 3.16. The number of likely N-dealkylation sites (tertiary alicyclic amines) is 1. The van der Waals surface area contributed by atoms with Crippen molar-refractivity contribution in [2.75, 3.05) is 31.5 Å². The number of hydrogen-bond acceptors (Lipinski definition) is 5. The van der Waals surface area contributed by atoms with Gasteiger partial charge in [0, 0.05) is 30.7 Å². The Bertz CT molecular complexity index is 759. The second-order valence-electron chi connectivity index (χ2n) is 9.74. The van der Waals surface area contributed by atoms with Crippen LogP contribution < -0.4 is 10.6 Å². The van der Waals surface area contributed by atoms with Gasteiger partial charge in [-0.25, -0.2) is 9.78 Å². The van der Waals surface area contributed by atoms with E-state index in [4.69, 9.17) is 4.98 Å². The van der Waals surface area contributed by atoms with Crippen molar-refractivity contribution in [3.8, 4) is 0 Å². The van der Waals surface area contributed by atoms with Gasteiger partial charge in [-0.3, -0.25) is 4.79 Å². The molecule has 1 aromatic rings. The number of nitrogens with zero attached hydrogens (tertiary/aromatic N) is 2. The van der Waals surface area contributed by atoms with Gasteiger partial charge in [-0.05, 0) is 62.6 Å². The molecule has 0 bridgehead atoms. The van der Waals surface area contributed by atoms with Gasteiger partial charge in [-0.2, -0.15) is 0 Å². The summed E-state index contributed by atoms with van der Waals surface area (Å²) in [7, 11) is 0. The maximum absolute atomic E-state index is 12.1. The molecule has 0 radical (unpaired) electrons. The number of anilines is 1. The lowest BCUT2D eigenvalue weighted by molar-refractivity contribution is -0.143. The Hall–Kier alpha value is -2.15. The molecule has 166 valence electrons. The summed E-state index contributed by atoms with van der Waals surface area (Å²) < 4.78 is 0. The molecular formula is C23H36N4O3. The van der Waals surface area contributed by atoms with E-state index in [1.807, 2.05) is 0 Å². The number of hydrogen-bond donors (Lipinski definition) is 3. The van der Waals surface area contributed by atoms with Crippen LogP contribution in [0.15, 0.2) is 12.1 Å². The van der Waals surface area contributed by atoms with E-state index < -0.39 is 17.4 Å². The van der Waals surface area contributed by atoms with Crippen LogP contribution in [0.1, 0.15) is 57.7 Å². The molecule has 0 aromatic carbocycles. The molecular weight excluding hydrogens is 380 g/mol. The lowest BCUT2D eigenvalue weighted by Gasteiger charge is -2.24. The first-order valence-electron chi connectivity index (χ1n) is 11.2. The Labute approximate surface area is 179 Å². The van der Waals surface area contributed by atoms with Crippen LogP contribution in [0.5, 0.6) is 0 Å². The summed E-state index contributed by atoms with van der Waals surface area (Å²) in [5.74, 6) is 0.490. The molecule has 1 amide bonds. The molecule has 2 aliphatic heterocycles. The molecule has 3 N–H and O–H groups in total. The van der Waals surface area contributed by atoms with Crippen molar-refractivity contribution in [3.05, 3.63) is 23.4 Å². The first-order valence-corrected chi connectivity index (χ1v) is 11.2. The molecule has 1 saturated heterocycles. The summed E-state index contributed by atoms with van der Waals surface area (Å²) in [6, 6.07) is 3.54. The Morgan fingerprint density at radius 2 is 2.17 bits per heavy atom. The number of aromatic nitrogens is 1. The van der Waals surface area contributed by atoms with Crippen molar-refractivity contribution in [3.63, 3.8) is 0 Å². The number of fused-ring (bicyclic) bond motifs is 1. The molecule has 7 heteroatoms. The second kappa shape index (κ2) is 9.77. The minimum absolute atomic E-state index is 0.221. The molecule has 0 saturated carbocycles. The quantitative estimate of drug-likeness (QED) is 0.603. The molecule has 2 aliphatic rings. The van der Waals surface area contributed by atoms with Crippen molar-refractivity contribution in [2.45, 2.75) is 65.3 Å². The van der Waals surface area contributed by atoms with Gasteiger partial charge < -0.3 is 20.6 Å². The zero-order valence-corrected chi connectivity index (χ0v) is 18.5. The fraction of sp³-hybridized carbons (Fsp3) is 0.696. The molecule has 0 spiro atoms. The summed E-state index contributed by atoms with van der Waals surface area (Å²) in [5.41, 5.74) is 1.88. The smallest absolute Gasteiger partial charge is 0.326 e. The van der Waals surface area contributed by atoms with Gasteiger partial charge >= 0.3 is 5.97 Å². The number of aliphatic carboxylic acids is 1. The predicted molar refractivity (Wildman–Crippen MR) is 118 cm³/mol. The van der Waals surface area contributed by atoms with Crippen molar-refractivity contribution < 1.29 is 14.7 Å². The van der Waals surface area contributed by atoms with Crippen molar-refractivity contribution in [2.24, 2.45) is 11.3 Å². The molecule has 0 aliphatic carbocycles. The number of rotatable bonds is 8. The summed E-state index contributed by atoms with van der Waals surface area (Å²) in [5, 5.41) is 15.5. The van der Waals surface area contributed by atoms with Gasteiger partial charge in [-0.15, -0.1) is 0 Å². The van der Waals surface area contributed by atoms with Crippen LogP contribution in [0.25, 0.3) is 0 Å². The lowest BCUT2D eigenvalue weighted by atomic mass is 9.95. The van der Waals surface area contributed by atoms with Gasteiger partial charge in [0.05, 0.1) is 0 Å². The predicted octanol–water partition coefficient (Wildman–Crippen LogP) is 2.70. The Kier molecular flexibility index (Phi) is 7.34. The van der Waals surface area contributed by atoms with Crippen molar-refractivity contribution in [1.82, 2.24) is 15.2 Å². The third-order valence-electron chi connectivity index (χ3n) is 6.15. The zero-order valence-electron chi connectivity index (χ0n) is 18.5. The monoisotopic (exact) mass is 416 g/mol. The number of pyridine rings is 1. The third-order valence-corrected chi connectivity index (χ3v) is 6.15. The Balaban J connectivity index is 1.42. The Morgan fingerprint density at radius 3 is 2.90 bits per heavy atom. The van der Waals surface area contributed by atoms with E-state index in [0.29, 0.717) is 18.9 Å². The zero-order chi connectivity index (χ0) is 21.7. The minimum Gasteiger partial charge on any atom is -0.480 e. The number of carboxylic acid groups (broad SMARTS) is 1. The van der Waals surface area contributed by atoms with E-state index >= 15 is 0 Å². The topological polar surface area (TPSA) is 94.6 Å². The summed E-state index contributed by atoms with van der Waals surface area (Å²) in [6.07, 6.45) is 5.94. The highest BCUT2D eigenvalue weighted by Crippen LogP contribution is 2.24. The number of carbonyl (C=O) groups excluding carboxylic acids is 1. The number of nitrogens with one attached hydrogen (secondary N) is 2. The summed E-state index contributed by atoms with van der Waals surface area (Å²) >= 11 is 0. The highest BCUT2D eigenvalue weighted by Gasteiger charge is 2.29. The van der Waals surface area contributed by atoms with E-state index in [9.17, 15) is 14.7 Å². The lowest BCUT2D eigenvalue weighted by Crippen LogP contribution is -2.47. The normalized spacial score (nSPS) is 20.3. The van der Waals surface area contributed by atoms with Crippen LogP contribution in [0.4, 0.5) is 5.82 Å². The van der Waals surface area contributed by atoms with Crippen LogP contribution in [0, 0.1) is 11.3 Å². The fourth-order valence-electron chi connectivity index (χ4n) is 4.16. The maximum atomic E-state index is 12.1. The van der Waals surface area contributed by atoms with Crippen LogP contribution in [-0.2, 0) is 22.4 Å². The first kappa shape index (κ1) is 22.5. The molecule has 7 nitrogen and oxygen atoms in total. The van der Waals surface area contributed by atoms with Crippen molar-refractivity contribution >= 4 is 17.7 Å². The molecule has 1 aromatic heterocycles. The molecule has 0 unspecified atom stereocenters. The maximum Gasteiger partial charge on any atom is 0.326 e. The molecule has 3 heterocycles.